The summed E-state index contributed by atoms with van der Waals surface area (Å²) in [6.07, 6.45) is 4.45. The summed E-state index contributed by atoms with van der Waals surface area (Å²) in [5.74, 6) is -0.169. The van der Waals surface area contributed by atoms with Gasteiger partial charge in [-0.25, -0.2) is 9.69 Å². The minimum atomic E-state index is -0.804. The summed E-state index contributed by atoms with van der Waals surface area (Å²) in [7, 11) is 0. The summed E-state index contributed by atoms with van der Waals surface area (Å²) in [5.41, 5.74) is 3.00. The average Bonchev–Trinajstić information content (AvgIpc) is 3.29. The van der Waals surface area contributed by atoms with Crippen molar-refractivity contribution in [1.29, 1.82) is 0 Å². The third-order valence-corrected chi connectivity index (χ3v) is 7.21. The molecule has 3 aromatic carbocycles. The van der Waals surface area contributed by atoms with Crippen molar-refractivity contribution < 1.29 is 19.1 Å². The lowest BCUT2D eigenvalue weighted by atomic mass is 9.98. The monoisotopic (exact) mass is 541 g/mol. The Hall–Kier alpha value is -4.36. The summed E-state index contributed by atoms with van der Waals surface area (Å²) < 4.78 is 8.22. The molecule has 4 amide bonds. The maximum absolute atomic E-state index is 13.3. The summed E-state index contributed by atoms with van der Waals surface area (Å²) in [4.78, 5) is 39.5. The minimum absolute atomic E-state index is 0.133. The number of benzene rings is 3. The highest BCUT2D eigenvalue weighted by Gasteiger charge is 2.37. The SMILES string of the molecule is CC[C@@H](C)c1ccccc1OCCn1cc(/C=C2\C(=O)NC(=O)N(c3ccc(Cl)cc3)C2=O)c2ccccc21. The van der Waals surface area contributed by atoms with E-state index in [0.717, 1.165) is 28.0 Å². The van der Waals surface area contributed by atoms with Crippen LogP contribution in [0.1, 0.15) is 37.3 Å². The molecule has 0 aliphatic carbocycles. The number of nitrogens with zero attached hydrogens (tertiary/aromatic N) is 2. The van der Waals surface area contributed by atoms with Gasteiger partial charge in [-0.15, -0.1) is 0 Å². The molecule has 1 atom stereocenters. The first-order valence-corrected chi connectivity index (χ1v) is 13.2. The highest BCUT2D eigenvalue weighted by Crippen LogP contribution is 2.30. The van der Waals surface area contributed by atoms with E-state index in [1.165, 1.54) is 11.6 Å². The molecule has 0 radical (unpaired) electrons. The van der Waals surface area contributed by atoms with Crippen molar-refractivity contribution in [3.63, 3.8) is 0 Å². The second-order valence-electron chi connectivity index (χ2n) is 9.42. The number of amides is 4. The zero-order valence-electron chi connectivity index (χ0n) is 21.7. The highest BCUT2D eigenvalue weighted by molar-refractivity contribution is 6.39. The van der Waals surface area contributed by atoms with E-state index in [2.05, 4.69) is 25.2 Å². The molecule has 1 N–H and O–H groups in total. The van der Waals surface area contributed by atoms with Crippen molar-refractivity contribution >= 4 is 52.1 Å². The van der Waals surface area contributed by atoms with Gasteiger partial charge in [0.2, 0.25) is 0 Å². The number of halogens is 1. The Kier molecular flexibility index (Phi) is 7.52. The van der Waals surface area contributed by atoms with Crippen molar-refractivity contribution in [2.24, 2.45) is 0 Å². The third kappa shape index (κ3) is 5.31. The lowest BCUT2D eigenvalue weighted by Crippen LogP contribution is -2.54. The van der Waals surface area contributed by atoms with Crippen molar-refractivity contribution in [1.82, 2.24) is 9.88 Å². The van der Waals surface area contributed by atoms with Gasteiger partial charge in [-0.05, 0) is 60.4 Å². The molecule has 5 rings (SSSR count). The van der Waals surface area contributed by atoms with Gasteiger partial charge in [0, 0.05) is 27.7 Å². The number of fused-ring (bicyclic) bond motifs is 1. The summed E-state index contributed by atoms with van der Waals surface area (Å²) >= 11 is 5.96. The Morgan fingerprint density at radius 2 is 1.69 bits per heavy atom. The fraction of sp³-hybridized carbons (Fsp3) is 0.194. The third-order valence-electron chi connectivity index (χ3n) is 6.96. The average molecular weight is 542 g/mol. The molecule has 0 unspecified atom stereocenters. The van der Waals surface area contributed by atoms with Gasteiger partial charge in [-0.3, -0.25) is 14.9 Å². The molecule has 8 heteroatoms. The number of rotatable bonds is 8. The first kappa shape index (κ1) is 26.3. The van der Waals surface area contributed by atoms with Gasteiger partial charge >= 0.3 is 6.03 Å². The van der Waals surface area contributed by atoms with E-state index in [9.17, 15) is 14.4 Å². The number of nitrogens with one attached hydrogen (secondary N) is 1. The van der Waals surface area contributed by atoms with Crippen LogP contribution in [0, 0.1) is 0 Å². The highest BCUT2D eigenvalue weighted by atomic mass is 35.5. The van der Waals surface area contributed by atoms with E-state index in [-0.39, 0.29) is 5.57 Å². The molecule has 4 aromatic rings. The van der Waals surface area contributed by atoms with Crippen LogP contribution in [0.4, 0.5) is 10.5 Å². The number of barbiturate groups is 1. The number of urea groups is 1. The van der Waals surface area contributed by atoms with Gasteiger partial charge < -0.3 is 9.30 Å². The van der Waals surface area contributed by atoms with Crippen LogP contribution >= 0.6 is 11.6 Å². The molecule has 1 aliphatic heterocycles. The van der Waals surface area contributed by atoms with Gasteiger partial charge in [0.1, 0.15) is 17.9 Å². The number of hydrogen-bond acceptors (Lipinski definition) is 4. The Balaban J connectivity index is 1.43. The zero-order valence-corrected chi connectivity index (χ0v) is 22.4. The minimum Gasteiger partial charge on any atom is -0.491 e. The second kappa shape index (κ2) is 11.2. The predicted octanol–water partition coefficient (Wildman–Crippen LogP) is 6.55. The van der Waals surface area contributed by atoms with Crippen molar-refractivity contribution in [3.8, 4) is 5.75 Å². The fourth-order valence-electron chi connectivity index (χ4n) is 4.71. The van der Waals surface area contributed by atoms with E-state index in [4.69, 9.17) is 16.3 Å². The quantitative estimate of drug-likeness (QED) is 0.202. The first-order valence-electron chi connectivity index (χ1n) is 12.8. The number of anilines is 1. The Morgan fingerprint density at radius 3 is 2.46 bits per heavy atom. The van der Waals surface area contributed by atoms with Crippen molar-refractivity contribution in [2.75, 3.05) is 11.5 Å². The lowest BCUT2D eigenvalue weighted by molar-refractivity contribution is -0.122. The van der Waals surface area contributed by atoms with E-state index in [1.807, 2.05) is 53.2 Å². The van der Waals surface area contributed by atoms with Crippen LogP contribution in [-0.2, 0) is 16.1 Å². The van der Waals surface area contributed by atoms with Crippen LogP contribution in [-0.4, -0.2) is 29.0 Å². The number of hydrogen-bond donors (Lipinski definition) is 1. The molecule has 7 nitrogen and oxygen atoms in total. The maximum Gasteiger partial charge on any atom is 0.335 e. The number of aromatic nitrogens is 1. The van der Waals surface area contributed by atoms with Gasteiger partial charge in [0.15, 0.2) is 0 Å². The second-order valence-corrected chi connectivity index (χ2v) is 9.86. The molecule has 198 valence electrons. The topological polar surface area (TPSA) is 80.6 Å². The van der Waals surface area contributed by atoms with Crippen LogP contribution in [0.15, 0.2) is 84.6 Å². The number of para-hydroxylation sites is 2. The summed E-state index contributed by atoms with van der Waals surface area (Å²) in [5, 5.41) is 3.61. The molecule has 1 aliphatic rings. The fourth-order valence-corrected chi connectivity index (χ4v) is 4.83. The van der Waals surface area contributed by atoms with Crippen LogP contribution in [0.2, 0.25) is 5.02 Å². The smallest absolute Gasteiger partial charge is 0.335 e. The first-order chi connectivity index (χ1) is 18.9. The number of imide groups is 2. The molecule has 0 saturated carbocycles. The molecule has 0 bridgehead atoms. The summed E-state index contributed by atoms with van der Waals surface area (Å²) in [6, 6.07) is 21.3. The van der Waals surface area contributed by atoms with Crippen LogP contribution < -0.4 is 15.0 Å². The molecule has 1 fully saturated rings. The van der Waals surface area contributed by atoms with E-state index in [0.29, 0.717) is 35.3 Å². The molecule has 2 heterocycles. The molecular weight excluding hydrogens is 514 g/mol. The van der Waals surface area contributed by atoms with Crippen molar-refractivity contribution in [2.45, 2.75) is 32.7 Å². The lowest BCUT2D eigenvalue weighted by Gasteiger charge is -2.26. The normalized spacial score (nSPS) is 15.6. The molecule has 0 spiro atoms. The predicted molar refractivity (Wildman–Crippen MR) is 153 cm³/mol. The maximum atomic E-state index is 13.3. The molecule has 1 saturated heterocycles. The number of ether oxygens (including phenoxy) is 1. The van der Waals surface area contributed by atoms with Crippen LogP contribution in [0.3, 0.4) is 0 Å². The summed E-state index contributed by atoms with van der Waals surface area (Å²) in [6.45, 7) is 5.35. The van der Waals surface area contributed by atoms with Gasteiger partial charge in [-0.1, -0.05) is 61.8 Å². The van der Waals surface area contributed by atoms with Gasteiger partial charge in [-0.2, -0.15) is 0 Å². The van der Waals surface area contributed by atoms with E-state index < -0.39 is 17.8 Å². The van der Waals surface area contributed by atoms with E-state index in [1.54, 1.807) is 24.3 Å². The van der Waals surface area contributed by atoms with Gasteiger partial charge in [0.25, 0.3) is 11.8 Å². The zero-order chi connectivity index (χ0) is 27.5. The number of carbonyl (C=O) groups excluding carboxylic acids is 3. The largest absolute Gasteiger partial charge is 0.491 e. The Morgan fingerprint density at radius 1 is 0.974 bits per heavy atom. The Labute approximate surface area is 231 Å². The number of carbonyl (C=O) groups is 3. The van der Waals surface area contributed by atoms with Crippen LogP contribution in [0.25, 0.3) is 17.0 Å². The van der Waals surface area contributed by atoms with E-state index >= 15 is 0 Å². The standard InChI is InChI=1S/C31H28ClN3O4/c1-3-20(2)24-8-5-7-11-28(24)39-17-16-34-19-21(25-9-4-6-10-27(25)34)18-26-29(36)33-31(38)35(30(26)37)23-14-12-22(32)13-15-23/h4-15,18-20H,3,16-17H2,1-2H3,(H,33,36,38)/b26-18+/t20-/m1/s1. The van der Waals surface area contributed by atoms with Crippen LogP contribution in [0.5, 0.6) is 5.75 Å². The Bertz CT molecular complexity index is 1590. The van der Waals surface area contributed by atoms with Crippen molar-refractivity contribution in [3.05, 3.63) is 101 Å². The van der Waals surface area contributed by atoms with Gasteiger partial charge in [0.05, 0.1) is 12.2 Å². The molecule has 1 aromatic heterocycles. The molecule has 39 heavy (non-hydrogen) atoms. The molecular formula is C31H28ClN3O4.